The van der Waals surface area contributed by atoms with E-state index in [4.69, 9.17) is 0 Å². The van der Waals surface area contributed by atoms with E-state index in [-0.39, 0.29) is 11.7 Å². The van der Waals surface area contributed by atoms with E-state index in [0.29, 0.717) is 12.0 Å². The highest BCUT2D eigenvalue weighted by Gasteiger charge is 2.31. The van der Waals surface area contributed by atoms with Gasteiger partial charge in [-0.1, -0.05) is 26.2 Å². The molecule has 2 atom stereocenters. The number of rotatable bonds is 2. The summed E-state index contributed by atoms with van der Waals surface area (Å²) in [6, 6.07) is 2.80. The summed E-state index contributed by atoms with van der Waals surface area (Å²) in [6.07, 6.45) is 0.896. The van der Waals surface area contributed by atoms with Crippen LogP contribution in [0.15, 0.2) is 18.2 Å². The first-order valence-corrected chi connectivity index (χ1v) is 7.01. The maximum Gasteiger partial charge on any atom is 0.416 e. The van der Waals surface area contributed by atoms with Crippen LogP contribution < -0.4 is 5.32 Å². The Kier molecular flexibility index (Phi) is 4.55. The van der Waals surface area contributed by atoms with Crippen LogP contribution in [0.4, 0.5) is 23.2 Å². The van der Waals surface area contributed by atoms with E-state index in [2.05, 4.69) is 12.2 Å². The molecule has 0 aromatic heterocycles. The first kappa shape index (κ1) is 15.1. The Hall–Kier alpha value is -1.26. The van der Waals surface area contributed by atoms with E-state index < -0.39 is 17.6 Å². The standard InChI is InChI=1S/C15H19F4N/c1-10-5-3-2-4-6-13(10)20-14-8-7-11(9-12(14)16)15(17,18)19/h7-10,13,20H,2-6H2,1H3. The summed E-state index contributed by atoms with van der Waals surface area (Å²) in [6.45, 7) is 2.10. The molecule has 0 radical (unpaired) electrons. The average Bonchev–Trinajstić information content (AvgIpc) is 2.56. The Morgan fingerprint density at radius 1 is 1.10 bits per heavy atom. The van der Waals surface area contributed by atoms with Gasteiger partial charge in [-0.3, -0.25) is 0 Å². The Labute approximate surface area is 116 Å². The van der Waals surface area contributed by atoms with E-state index in [1.165, 1.54) is 6.07 Å². The molecule has 0 spiro atoms. The predicted molar refractivity (Wildman–Crippen MR) is 71.1 cm³/mol. The van der Waals surface area contributed by atoms with E-state index >= 15 is 0 Å². The molecule has 112 valence electrons. The molecule has 0 amide bonds. The third kappa shape index (κ3) is 3.64. The van der Waals surface area contributed by atoms with Crippen molar-refractivity contribution >= 4 is 5.69 Å². The summed E-state index contributed by atoms with van der Waals surface area (Å²) in [4.78, 5) is 0. The number of hydrogen-bond acceptors (Lipinski definition) is 1. The van der Waals surface area contributed by atoms with Crippen LogP contribution in [0, 0.1) is 11.7 Å². The molecule has 1 fully saturated rings. The number of benzene rings is 1. The van der Waals surface area contributed by atoms with Crippen molar-refractivity contribution < 1.29 is 17.6 Å². The van der Waals surface area contributed by atoms with Gasteiger partial charge in [-0.2, -0.15) is 13.2 Å². The van der Waals surface area contributed by atoms with Crippen LogP contribution >= 0.6 is 0 Å². The molecule has 0 bridgehead atoms. The Morgan fingerprint density at radius 2 is 1.80 bits per heavy atom. The number of hydrogen-bond donors (Lipinski definition) is 1. The highest BCUT2D eigenvalue weighted by atomic mass is 19.4. The van der Waals surface area contributed by atoms with E-state index in [1.807, 2.05) is 0 Å². The summed E-state index contributed by atoms with van der Waals surface area (Å²) in [7, 11) is 0. The molecule has 5 heteroatoms. The number of halogens is 4. The zero-order valence-electron chi connectivity index (χ0n) is 11.4. The van der Waals surface area contributed by atoms with Gasteiger partial charge < -0.3 is 5.32 Å². The minimum Gasteiger partial charge on any atom is -0.380 e. The molecular formula is C15H19F4N. The van der Waals surface area contributed by atoms with Gasteiger partial charge in [0, 0.05) is 6.04 Å². The smallest absolute Gasteiger partial charge is 0.380 e. The minimum absolute atomic E-state index is 0.128. The largest absolute Gasteiger partial charge is 0.416 e. The van der Waals surface area contributed by atoms with E-state index in [1.54, 1.807) is 0 Å². The van der Waals surface area contributed by atoms with Gasteiger partial charge in [0.15, 0.2) is 0 Å². The first-order chi connectivity index (χ1) is 9.38. The first-order valence-electron chi connectivity index (χ1n) is 7.01. The maximum atomic E-state index is 13.8. The monoisotopic (exact) mass is 289 g/mol. The lowest BCUT2D eigenvalue weighted by Crippen LogP contribution is -2.26. The van der Waals surface area contributed by atoms with Crippen molar-refractivity contribution in [3.8, 4) is 0 Å². The lowest BCUT2D eigenvalue weighted by Gasteiger charge is -2.24. The van der Waals surface area contributed by atoms with Gasteiger partial charge in [-0.05, 0) is 37.0 Å². The van der Waals surface area contributed by atoms with Gasteiger partial charge >= 0.3 is 6.18 Å². The van der Waals surface area contributed by atoms with Crippen LogP contribution in [0.1, 0.15) is 44.6 Å². The summed E-state index contributed by atoms with van der Waals surface area (Å²) in [5.41, 5.74) is -0.786. The zero-order chi connectivity index (χ0) is 14.8. The molecule has 0 heterocycles. The SMILES string of the molecule is CC1CCCCCC1Nc1ccc(C(F)(F)F)cc1F. The average molecular weight is 289 g/mol. The van der Waals surface area contributed by atoms with E-state index in [0.717, 1.165) is 38.2 Å². The second-order valence-corrected chi connectivity index (χ2v) is 5.56. The molecule has 2 rings (SSSR count). The normalized spacial score (nSPS) is 24.2. The van der Waals surface area contributed by atoms with Crippen molar-refractivity contribution in [2.75, 3.05) is 5.32 Å². The summed E-state index contributed by atoms with van der Waals surface area (Å²) >= 11 is 0. The Bertz CT molecular complexity index is 456. The molecule has 1 N–H and O–H groups in total. The van der Waals surface area contributed by atoms with Crippen LogP contribution in [0.3, 0.4) is 0 Å². The van der Waals surface area contributed by atoms with Crippen molar-refractivity contribution in [1.29, 1.82) is 0 Å². The fourth-order valence-electron chi connectivity index (χ4n) is 2.72. The van der Waals surface area contributed by atoms with Crippen molar-refractivity contribution in [3.05, 3.63) is 29.6 Å². The third-order valence-electron chi connectivity index (χ3n) is 4.00. The molecule has 20 heavy (non-hydrogen) atoms. The molecule has 0 saturated heterocycles. The van der Waals surface area contributed by atoms with Crippen molar-refractivity contribution in [2.45, 2.75) is 51.2 Å². The minimum atomic E-state index is -4.50. The van der Waals surface area contributed by atoms with Gasteiger partial charge in [0.2, 0.25) is 0 Å². The van der Waals surface area contributed by atoms with Crippen LogP contribution in [-0.2, 0) is 6.18 Å². The van der Waals surface area contributed by atoms with Gasteiger partial charge in [0.25, 0.3) is 0 Å². The zero-order valence-corrected chi connectivity index (χ0v) is 11.4. The lowest BCUT2D eigenvalue weighted by molar-refractivity contribution is -0.137. The highest BCUT2D eigenvalue weighted by molar-refractivity contribution is 5.47. The highest BCUT2D eigenvalue weighted by Crippen LogP contribution is 2.32. The Balaban J connectivity index is 2.13. The van der Waals surface area contributed by atoms with Crippen molar-refractivity contribution in [2.24, 2.45) is 5.92 Å². The van der Waals surface area contributed by atoms with Gasteiger partial charge in [0.05, 0.1) is 11.3 Å². The quantitative estimate of drug-likeness (QED) is 0.581. The predicted octanol–water partition coefficient (Wildman–Crippen LogP) is 5.23. The maximum absolute atomic E-state index is 13.8. The number of nitrogens with one attached hydrogen (secondary N) is 1. The molecule has 0 aliphatic heterocycles. The Morgan fingerprint density at radius 3 is 2.45 bits per heavy atom. The molecule has 1 saturated carbocycles. The molecule has 1 aliphatic carbocycles. The lowest BCUT2D eigenvalue weighted by atomic mass is 9.96. The van der Waals surface area contributed by atoms with Gasteiger partial charge in [0.1, 0.15) is 5.82 Å². The van der Waals surface area contributed by atoms with Crippen molar-refractivity contribution in [1.82, 2.24) is 0 Å². The van der Waals surface area contributed by atoms with E-state index in [9.17, 15) is 17.6 Å². The summed E-state index contributed by atoms with van der Waals surface area (Å²) in [5.74, 6) is -0.435. The fourth-order valence-corrected chi connectivity index (χ4v) is 2.72. The number of alkyl halides is 3. The third-order valence-corrected chi connectivity index (χ3v) is 4.00. The molecule has 2 unspecified atom stereocenters. The van der Waals surface area contributed by atoms with Gasteiger partial charge in [-0.25, -0.2) is 4.39 Å². The van der Waals surface area contributed by atoms with Crippen LogP contribution in [-0.4, -0.2) is 6.04 Å². The topological polar surface area (TPSA) is 12.0 Å². The molecule has 1 nitrogen and oxygen atoms in total. The summed E-state index contributed by atoms with van der Waals surface area (Å²) in [5, 5.41) is 3.08. The van der Waals surface area contributed by atoms with Crippen LogP contribution in [0.5, 0.6) is 0 Å². The van der Waals surface area contributed by atoms with Crippen molar-refractivity contribution in [3.63, 3.8) is 0 Å². The fraction of sp³-hybridized carbons (Fsp3) is 0.600. The van der Waals surface area contributed by atoms with Gasteiger partial charge in [-0.15, -0.1) is 0 Å². The molecular weight excluding hydrogens is 270 g/mol. The second-order valence-electron chi connectivity index (χ2n) is 5.56. The molecule has 1 aromatic carbocycles. The van der Waals surface area contributed by atoms with Crippen LogP contribution in [0.2, 0.25) is 0 Å². The number of anilines is 1. The second kappa shape index (κ2) is 6.02. The summed E-state index contributed by atoms with van der Waals surface area (Å²) < 4.78 is 51.3. The molecule has 1 aliphatic rings. The van der Waals surface area contributed by atoms with Crippen LogP contribution in [0.25, 0.3) is 0 Å². The molecule has 1 aromatic rings.